The van der Waals surface area contributed by atoms with Crippen LogP contribution in [0.2, 0.25) is 0 Å². The molecule has 1 aliphatic rings. The third-order valence-electron chi connectivity index (χ3n) is 3.34. The lowest BCUT2D eigenvalue weighted by atomic mass is 10.2. The number of hydrogen-bond donors (Lipinski definition) is 2. The first kappa shape index (κ1) is 16.4. The average molecular weight is 272 g/mol. The first-order valence-corrected chi connectivity index (χ1v) is 7.41. The molecule has 0 radical (unpaired) electrons. The number of hydrogen-bond acceptors (Lipinski definition) is 4. The van der Waals surface area contributed by atoms with Crippen molar-refractivity contribution in [2.45, 2.75) is 51.7 Å². The molecule has 5 nitrogen and oxygen atoms in total. The second-order valence-electron chi connectivity index (χ2n) is 5.10. The average Bonchev–Trinajstić information content (AvgIpc) is 2.93. The Morgan fingerprint density at radius 3 is 3.05 bits per heavy atom. The third kappa shape index (κ3) is 8.18. The SMILES string of the molecule is CCC(C)NCC(=O)NCCCOCC1CCCO1. The van der Waals surface area contributed by atoms with Crippen LogP contribution < -0.4 is 10.6 Å². The number of amides is 1. The summed E-state index contributed by atoms with van der Waals surface area (Å²) in [5, 5.41) is 6.04. The zero-order valence-corrected chi connectivity index (χ0v) is 12.2. The summed E-state index contributed by atoms with van der Waals surface area (Å²) in [6.45, 7) is 7.47. The van der Waals surface area contributed by atoms with Gasteiger partial charge in [0.25, 0.3) is 0 Å². The summed E-state index contributed by atoms with van der Waals surface area (Å²) in [6.07, 6.45) is 4.42. The third-order valence-corrected chi connectivity index (χ3v) is 3.34. The first-order valence-electron chi connectivity index (χ1n) is 7.41. The number of nitrogens with one attached hydrogen (secondary N) is 2. The van der Waals surface area contributed by atoms with Gasteiger partial charge >= 0.3 is 0 Å². The van der Waals surface area contributed by atoms with Crippen LogP contribution in [-0.2, 0) is 14.3 Å². The van der Waals surface area contributed by atoms with Crippen molar-refractivity contribution >= 4 is 5.91 Å². The molecule has 2 N–H and O–H groups in total. The van der Waals surface area contributed by atoms with Crippen LogP contribution in [0.1, 0.15) is 39.5 Å². The second kappa shape index (κ2) is 10.2. The van der Waals surface area contributed by atoms with Crippen molar-refractivity contribution in [1.82, 2.24) is 10.6 Å². The minimum absolute atomic E-state index is 0.0550. The van der Waals surface area contributed by atoms with Gasteiger partial charge in [0, 0.05) is 25.8 Å². The molecule has 0 bridgehead atoms. The highest BCUT2D eigenvalue weighted by molar-refractivity contribution is 5.77. The standard InChI is InChI=1S/C14H28N2O3/c1-3-12(2)16-10-14(17)15-7-5-8-18-11-13-6-4-9-19-13/h12-13,16H,3-11H2,1-2H3,(H,15,17). The van der Waals surface area contributed by atoms with Gasteiger partial charge in [-0.2, -0.15) is 0 Å². The van der Waals surface area contributed by atoms with Crippen LogP contribution >= 0.6 is 0 Å². The van der Waals surface area contributed by atoms with Gasteiger partial charge in [-0.1, -0.05) is 6.92 Å². The van der Waals surface area contributed by atoms with Gasteiger partial charge in [0.2, 0.25) is 5.91 Å². The van der Waals surface area contributed by atoms with E-state index in [0.29, 0.717) is 32.3 Å². The Morgan fingerprint density at radius 1 is 1.53 bits per heavy atom. The molecule has 112 valence electrons. The topological polar surface area (TPSA) is 59.6 Å². The summed E-state index contributed by atoms with van der Waals surface area (Å²) in [6, 6.07) is 0.389. The van der Waals surface area contributed by atoms with E-state index in [0.717, 1.165) is 32.3 Å². The summed E-state index contributed by atoms with van der Waals surface area (Å²) in [5.74, 6) is 0.0550. The molecule has 0 aromatic rings. The van der Waals surface area contributed by atoms with Crippen molar-refractivity contribution in [3.63, 3.8) is 0 Å². The van der Waals surface area contributed by atoms with Crippen molar-refractivity contribution in [3.05, 3.63) is 0 Å². The first-order chi connectivity index (χ1) is 9.22. The fourth-order valence-corrected chi connectivity index (χ4v) is 1.87. The molecule has 1 fully saturated rings. The van der Waals surface area contributed by atoms with Crippen LogP contribution in [0, 0.1) is 0 Å². The molecule has 2 unspecified atom stereocenters. The molecule has 0 spiro atoms. The largest absolute Gasteiger partial charge is 0.379 e. The zero-order chi connectivity index (χ0) is 13.9. The Hall–Kier alpha value is -0.650. The predicted octanol–water partition coefficient (Wildman–Crippen LogP) is 1.08. The van der Waals surface area contributed by atoms with Crippen LogP contribution in [0.3, 0.4) is 0 Å². The lowest BCUT2D eigenvalue weighted by molar-refractivity contribution is -0.120. The van der Waals surface area contributed by atoms with Gasteiger partial charge in [-0.05, 0) is 32.6 Å². The van der Waals surface area contributed by atoms with E-state index in [1.807, 2.05) is 0 Å². The molecule has 0 saturated carbocycles. The highest BCUT2D eigenvalue weighted by Gasteiger charge is 2.14. The van der Waals surface area contributed by atoms with E-state index < -0.39 is 0 Å². The van der Waals surface area contributed by atoms with E-state index in [2.05, 4.69) is 24.5 Å². The Labute approximate surface area is 116 Å². The molecule has 0 aromatic heterocycles. The number of carbonyl (C=O) groups excluding carboxylic acids is 1. The van der Waals surface area contributed by atoms with Crippen molar-refractivity contribution in [1.29, 1.82) is 0 Å². The highest BCUT2D eigenvalue weighted by Crippen LogP contribution is 2.11. The molecule has 0 aromatic carbocycles. The fraction of sp³-hybridized carbons (Fsp3) is 0.929. The van der Waals surface area contributed by atoms with Gasteiger partial charge in [0.1, 0.15) is 0 Å². The van der Waals surface area contributed by atoms with Gasteiger partial charge in [0.05, 0.1) is 19.3 Å². The van der Waals surface area contributed by atoms with Gasteiger partial charge < -0.3 is 20.1 Å². The smallest absolute Gasteiger partial charge is 0.233 e. The fourth-order valence-electron chi connectivity index (χ4n) is 1.87. The van der Waals surface area contributed by atoms with E-state index in [9.17, 15) is 4.79 Å². The molecular formula is C14H28N2O3. The van der Waals surface area contributed by atoms with Crippen molar-refractivity contribution < 1.29 is 14.3 Å². The van der Waals surface area contributed by atoms with Crippen molar-refractivity contribution in [2.75, 3.05) is 32.9 Å². The summed E-state index contributed by atoms with van der Waals surface area (Å²) >= 11 is 0. The Kier molecular flexibility index (Phi) is 8.79. The molecule has 1 rings (SSSR count). The van der Waals surface area contributed by atoms with Gasteiger partial charge in [-0.25, -0.2) is 0 Å². The molecular weight excluding hydrogens is 244 g/mol. The molecule has 1 heterocycles. The van der Waals surface area contributed by atoms with E-state index in [1.165, 1.54) is 0 Å². The minimum atomic E-state index is 0.0550. The summed E-state index contributed by atoms with van der Waals surface area (Å²) in [7, 11) is 0. The van der Waals surface area contributed by atoms with Crippen LogP contribution in [0.15, 0.2) is 0 Å². The normalized spacial score (nSPS) is 20.4. The zero-order valence-electron chi connectivity index (χ0n) is 12.2. The highest BCUT2D eigenvalue weighted by atomic mass is 16.5. The predicted molar refractivity (Wildman–Crippen MR) is 75.2 cm³/mol. The van der Waals surface area contributed by atoms with Gasteiger partial charge in [0.15, 0.2) is 0 Å². The molecule has 19 heavy (non-hydrogen) atoms. The second-order valence-corrected chi connectivity index (χ2v) is 5.10. The Balaban J connectivity index is 1.85. The van der Waals surface area contributed by atoms with Gasteiger partial charge in [-0.15, -0.1) is 0 Å². The summed E-state index contributed by atoms with van der Waals surface area (Å²) < 4.78 is 11.0. The minimum Gasteiger partial charge on any atom is -0.379 e. The van der Waals surface area contributed by atoms with Gasteiger partial charge in [-0.3, -0.25) is 4.79 Å². The number of rotatable bonds is 10. The quantitative estimate of drug-likeness (QED) is 0.584. The molecule has 1 saturated heterocycles. The van der Waals surface area contributed by atoms with E-state index >= 15 is 0 Å². The monoisotopic (exact) mass is 272 g/mol. The molecule has 1 amide bonds. The number of ether oxygens (including phenoxy) is 2. The van der Waals surface area contributed by atoms with Crippen LogP contribution in [0.4, 0.5) is 0 Å². The molecule has 1 aliphatic heterocycles. The van der Waals surface area contributed by atoms with Crippen molar-refractivity contribution in [2.24, 2.45) is 0 Å². The lowest BCUT2D eigenvalue weighted by Crippen LogP contribution is -2.38. The lowest BCUT2D eigenvalue weighted by Gasteiger charge is -2.12. The van der Waals surface area contributed by atoms with Crippen molar-refractivity contribution in [3.8, 4) is 0 Å². The maximum Gasteiger partial charge on any atom is 0.233 e. The van der Waals surface area contributed by atoms with Crippen LogP contribution in [0.5, 0.6) is 0 Å². The van der Waals surface area contributed by atoms with Crippen LogP contribution in [-0.4, -0.2) is 51.0 Å². The Morgan fingerprint density at radius 2 is 2.37 bits per heavy atom. The van der Waals surface area contributed by atoms with Crippen LogP contribution in [0.25, 0.3) is 0 Å². The maximum absolute atomic E-state index is 11.5. The van der Waals surface area contributed by atoms with E-state index in [1.54, 1.807) is 0 Å². The molecule has 0 aliphatic carbocycles. The van der Waals surface area contributed by atoms with E-state index in [-0.39, 0.29) is 12.0 Å². The molecule has 2 atom stereocenters. The maximum atomic E-state index is 11.5. The summed E-state index contributed by atoms with van der Waals surface area (Å²) in [4.78, 5) is 11.5. The van der Waals surface area contributed by atoms with E-state index in [4.69, 9.17) is 9.47 Å². The Bertz CT molecular complexity index is 243. The molecule has 5 heteroatoms. The summed E-state index contributed by atoms with van der Waals surface area (Å²) in [5.41, 5.74) is 0. The number of carbonyl (C=O) groups is 1.